The Morgan fingerprint density at radius 2 is 1.40 bits per heavy atom. The van der Waals surface area contributed by atoms with Crippen molar-refractivity contribution in [3.8, 4) is 0 Å². The molecule has 2 rings (SSSR count). The van der Waals surface area contributed by atoms with Gasteiger partial charge in [-0.05, 0) is 42.3 Å². The van der Waals surface area contributed by atoms with Gasteiger partial charge in [-0.3, -0.25) is 0 Å². The van der Waals surface area contributed by atoms with Gasteiger partial charge in [-0.2, -0.15) is 13.2 Å². The van der Waals surface area contributed by atoms with Crippen molar-refractivity contribution in [2.24, 2.45) is 5.73 Å². The van der Waals surface area contributed by atoms with Gasteiger partial charge in [0.05, 0.1) is 11.1 Å². The van der Waals surface area contributed by atoms with E-state index in [9.17, 15) is 13.2 Å². The highest BCUT2D eigenvalue weighted by molar-refractivity contribution is 6.30. The molecular weight excluding hydrogens is 287 g/mol. The van der Waals surface area contributed by atoms with Crippen LogP contribution in [0, 0.1) is 0 Å². The number of hydrogen-bond donors (Lipinski definition) is 1. The molecule has 0 saturated heterocycles. The molecule has 0 spiro atoms. The van der Waals surface area contributed by atoms with Crippen molar-refractivity contribution in [1.82, 2.24) is 0 Å². The molecule has 20 heavy (non-hydrogen) atoms. The minimum absolute atomic E-state index is 0.384. The lowest BCUT2D eigenvalue weighted by atomic mass is 9.85. The molecule has 0 amide bonds. The molecular formula is C15H13ClF3N. The Balaban J connectivity index is 2.49. The van der Waals surface area contributed by atoms with Crippen LogP contribution in [0.15, 0.2) is 48.5 Å². The molecule has 0 aliphatic carbocycles. The second kappa shape index (κ2) is 5.11. The Morgan fingerprint density at radius 1 is 0.900 bits per heavy atom. The first-order chi connectivity index (χ1) is 9.21. The second-order valence-electron chi connectivity index (χ2n) is 4.79. The van der Waals surface area contributed by atoms with Crippen molar-refractivity contribution >= 4 is 11.6 Å². The molecule has 2 aromatic carbocycles. The fourth-order valence-electron chi connectivity index (χ4n) is 2.00. The highest BCUT2D eigenvalue weighted by Crippen LogP contribution is 2.34. The van der Waals surface area contributed by atoms with Crippen LogP contribution < -0.4 is 5.73 Å². The van der Waals surface area contributed by atoms with Crippen molar-refractivity contribution in [3.05, 3.63) is 70.2 Å². The third kappa shape index (κ3) is 2.97. The van der Waals surface area contributed by atoms with Crippen molar-refractivity contribution < 1.29 is 13.2 Å². The molecule has 0 heterocycles. The molecule has 1 nitrogen and oxygen atoms in total. The van der Waals surface area contributed by atoms with Crippen LogP contribution in [0.5, 0.6) is 0 Å². The third-order valence-electron chi connectivity index (χ3n) is 3.21. The van der Waals surface area contributed by atoms with Crippen LogP contribution in [0.25, 0.3) is 0 Å². The summed E-state index contributed by atoms with van der Waals surface area (Å²) in [5, 5.41) is 0.492. The maximum absolute atomic E-state index is 12.8. The summed E-state index contributed by atoms with van der Waals surface area (Å²) in [6.45, 7) is 1.66. The normalized spacial score (nSPS) is 14.9. The average Bonchev–Trinajstić information content (AvgIpc) is 2.38. The molecule has 0 radical (unpaired) electrons. The Morgan fingerprint density at radius 3 is 1.95 bits per heavy atom. The van der Waals surface area contributed by atoms with Gasteiger partial charge in [0, 0.05) is 5.02 Å². The Kier molecular flexibility index (Phi) is 3.80. The molecule has 2 N–H and O–H groups in total. The van der Waals surface area contributed by atoms with Crippen molar-refractivity contribution in [2.45, 2.75) is 18.6 Å². The molecule has 0 aliphatic heterocycles. The first-order valence-corrected chi connectivity index (χ1v) is 6.32. The largest absolute Gasteiger partial charge is 0.416 e. The van der Waals surface area contributed by atoms with E-state index < -0.39 is 17.3 Å². The van der Waals surface area contributed by atoms with Gasteiger partial charge >= 0.3 is 6.18 Å². The zero-order valence-corrected chi connectivity index (χ0v) is 11.5. The molecule has 106 valence electrons. The highest BCUT2D eigenvalue weighted by Gasteiger charge is 2.32. The van der Waals surface area contributed by atoms with E-state index >= 15 is 0 Å². The molecule has 1 atom stereocenters. The van der Waals surface area contributed by atoms with Crippen LogP contribution in [0.1, 0.15) is 23.6 Å². The minimum Gasteiger partial charge on any atom is -0.318 e. The number of alkyl halides is 3. The van der Waals surface area contributed by atoms with E-state index in [4.69, 9.17) is 17.3 Å². The molecule has 1 unspecified atom stereocenters. The van der Waals surface area contributed by atoms with E-state index in [1.54, 1.807) is 37.3 Å². The predicted molar refractivity (Wildman–Crippen MR) is 73.5 cm³/mol. The van der Waals surface area contributed by atoms with Crippen LogP contribution in [0.3, 0.4) is 0 Å². The number of nitrogens with two attached hydrogens (primary N) is 1. The van der Waals surface area contributed by atoms with Crippen molar-refractivity contribution in [2.75, 3.05) is 0 Å². The number of hydrogen-bond acceptors (Lipinski definition) is 1. The minimum atomic E-state index is -4.39. The molecule has 2 aromatic rings. The Labute approximate surface area is 120 Å². The molecule has 0 fully saturated rings. The van der Waals surface area contributed by atoms with Crippen molar-refractivity contribution in [3.63, 3.8) is 0 Å². The number of halogens is 4. The maximum Gasteiger partial charge on any atom is 0.416 e. The number of rotatable bonds is 2. The van der Waals surface area contributed by atoms with Crippen LogP contribution in [0.2, 0.25) is 5.02 Å². The first-order valence-electron chi connectivity index (χ1n) is 5.94. The van der Waals surface area contributed by atoms with E-state index in [0.717, 1.165) is 12.1 Å². The van der Waals surface area contributed by atoms with E-state index in [2.05, 4.69) is 0 Å². The molecule has 0 saturated carbocycles. The molecule has 0 aliphatic rings. The summed E-state index contributed by atoms with van der Waals surface area (Å²) in [7, 11) is 0. The summed E-state index contributed by atoms with van der Waals surface area (Å²) in [5.41, 5.74) is 5.49. The SMILES string of the molecule is CC(N)(c1cccc(Cl)c1)c1cccc(C(F)(F)F)c1. The summed E-state index contributed by atoms with van der Waals surface area (Å²) in [6, 6.07) is 11.8. The Hall–Kier alpha value is -1.52. The summed E-state index contributed by atoms with van der Waals surface area (Å²) in [6.07, 6.45) is -4.39. The quantitative estimate of drug-likeness (QED) is 0.863. The van der Waals surface area contributed by atoms with Gasteiger partial charge in [-0.15, -0.1) is 0 Å². The lowest BCUT2D eigenvalue weighted by Gasteiger charge is -2.27. The zero-order valence-electron chi connectivity index (χ0n) is 10.7. The summed E-state index contributed by atoms with van der Waals surface area (Å²) >= 11 is 5.91. The van der Waals surface area contributed by atoms with E-state index in [-0.39, 0.29) is 0 Å². The lowest BCUT2D eigenvalue weighted by molar-refractivity contribution is -0.137. The van der Waals surface area contributed by atoms with Gasteiger partial charge in [-0.25, -0.2) is 0 Å². The smallest absolute Gasteiger partial charge is 0.318 e. The van der Waals surface area contributed by atoms with Crippen LogP contribution in [-0.2, 0) is 11.7 Å². The van der Waals surface area contributed by atoms with Gasteiger partial charge < -0.3 is 5.73 Å². The van der Waals surface area contributed by atoms with Gasteiger partial charge in [0.2, 0.25) is 0 Å². The fourth-order valence-corrected chi connectivity index (χ4v) is 2.19. The second-order valence-corrected chi connectivity index (χ2v) is 5.23. The Bertz CT molecular complexity index is 621. The third-order valence-corrected chi connectivity index (χ3v) is 3.45. The van der Waals surface area contributed by atoms with Crippen LogP contribution in [0.4, 0.5) is 13.2 Å². The van der Waals surface area contributed by atoms with Crippen LogP contribution >= 0.6 is 11.6 Å². The van der Waals surface area contributed by atoms with E-state index in [1.807, 2.05) is 0 Å². The predicted octanol–water partition coefficient (Wildman–Crippen LogP) is 4.58. The van der Waals surface area contributed by atoms with Gasteiger partial charge in [0.25, 0.3) is 0 Å². The van der Waals surface area contributed by atoms with Gasteiger partial charge in [0.15, 0.2) is 0 Å². The van der Waals surface area contributed by atoms with Gasteiger partial charge in [0.1, 0.15) is 0 Å². The summed E-state index contributed by atoms with van der Waals surface area (Å²) < 4.78 is 38.3. The van der Waals surface area contributed by atoms with Gasteiger partial charge in [-0.1, -0.05) is 35.9 Å². The zero-order chi connectivity index (χ0) is 15.0. The highest BCUT2D eigenvalue weighted by atomic mass is 35.5. The molecule has 0 bridgehead atoms. The van der Waals surface area contributed by atoms with Crippen LogP contribution in [-0.4, -0.2) is 0 Å². The number of benzene rings is 2. The standard InChI is InChI=1S/C15H13ClF3N/c1-14(20,11-5-3-7-13(16)9-11)10-4-2-6-12(8-10)15(17,18)19/h2-9H,20H2,1H3. The summed E-state index contributed by atoms with van der Waals surface area (Å²) in [5.74, 6) is 0. The maximum atomic E-state index is 12.8. The van der Waals surface area contributed by atoms with Crippen molar-refractivity contribution in [1.29, 1.82) is 0 Å². The fraction of sp³-hybridized carbons (Fsp3) is 0.200. The molecule has 0 aromatic heterocycles. The summed E-state index contributed by atoms with van der Waals surface area (Å²) in [4.78, 5) is 0. The monoisotopic (exact) mass is 299 g/mol. The molecule has 5 heteroatoms. The van der Waals surface area contributed by atoms with E-state index in [0.29, 0.717) is 16.1 Å². The topological polar surface area (TPSA) is 26.0 Å². The average molecular weight is 300 g/mol. The first kappa shape index (κ1) is 14.9. The lowest BCUT2D eigenvalue weighted by Crippen LogP contribution is -2.34. The van der Waals surface area contributed by atoms with E-state index in [1.165, 1.54) is 6.07 Å².